The molecule has 0 bridgehead atoms. The standard InChI is InChI=1S/C12H7Cl3OS/c13-8-2-1-7(10(15)6-8)5-11(16)12-9(14)3-4-17-12/h1-4,6H,5H2. The maximum Gasteiger partial charge on any atom is 0.178 e. The van der Waals surface area contributed by atoms with Crippen molar-refractivity contribution in [3.63, 3.8) is 0 Å². The van der Waals surface area contributed by atoms with Gasteiger partial charge < -0.3 is 0 Å². The van der Waals surface area contributed by atoms with E-state index in [0.29, 0.717) is 19.9 Å². The Balaban J connectivity index is 2.22. The first-order valence-corrected chi connectivity index (χ1v) is 6.79. The molecule has 5 heteroatoms. The van der Waals surface area contributed by atoms with E-state index in [-0.39, 0.29) is 12.2 Å². The minimum absolute atomic E-state index is 0.0331. The lowest BCUT2D eigenvalue weighted by Gasteiger charge is -2.03. The molecule has 0 saturated heterocycles. The van der Waals surface area contributed by atoms with Gasteiger partial charge in [-0.2, -0.15) is 0 Å². The van der Waals surface area contributed by atoms with Crippen molar-refractivity contribution in [1.82, 2.24) is 0 Å². The molecule has 0 aliphatic carbocycles. The van der Waals surface area contributed by atoms with Gasteiger partial charge in [-0.1, -0.05) is 40.9 Å². The molecule has 0 aliphatic heterocycles. The van der Waals surface area contributed by atoms with E-state index < -0.39 is 0 Å². The molecule has 1 nitrogen and oxygen atoms in total. The molecule has 2 aromatic rings. The Morgan fingerprint density at radius 1 is 1.12 bits per heavy atom. The van der Waals surface area contributed by atoms with Gasteiger partial charge in [0, 0.05) is 16.5 Å². The molecule has 0 saturated carbocycles. The molecule has 0 aliphatic rings. The van der Waals surface area contributed by atoms with Gasteiger partial charge in [-0.25, -0.2) is 0 Å². The summed E-state index contributed by atoms with van der Waals surface area (Å²) < 4.78 is 0. The lowest BCUT2D eigenvalue weighted by molar-refractivity contribution is 0.0997. The predicted octanol–water partition coefficient (Wildman–Crippen LogP) is 5.13. The molecule has 0 fully saturated rings. The fraction of sp³-hybridized carbons (Fsp3) is 0.0833. The SMILES string of the molecule is O=C(Cc1ccc(Cl)cc1Cl)c1sccc1Cl. The number of Topliss-reactive ketones (excluding diaryl/α,β-unsaturated/α-hetero) is 1. The minimum atomic E-state index is -0.0331. The van der Waals surface area contributed by atoms with Crippen molar-refractivity contribution >= 4 is 51.9 Å². The van der Waals surface area contributed by atoms with Crippen molar-refractivity contribution in [3.05, 3.63) is 55.2 Å². The summed E-state index contributed by atoms with van der Waals surface area (Å²) in [6, 6.07) is 6.81. The Kier molecular flexibility index (Phi) is 4.10. The summed E-state index contributed by atoms with van der Waals surface area (Å²) in [5.41, 5.74) is 0.755. The third kappa shape index (κ3) is 3.02. The highest BCUT2D eigenvalue weighted by Gasteiger charge is 2.14. The Hall–Kier alpha value is -0.540. The maximum atomic E-state index is 12.0. The number of thiophene rings is 1. The van der Waals surface area contributed by atoms with Crippen LogP contribution in [-0.4, -0.2) is 5.78 Å². The maximum absolute atomic E-state index is 12.0. The highest BCUT2D eigenvalue weighted by molar-refractivity contribution is 7.12. The fourth-order valence-corrected chi connectivity index (χ4v) is 2.99. The van der Waals surface area contributed by atoms with E-state index >= 15 is 0 Å². The quantitative estimate of drug-likeness (QED) is 0.718. The molecule has 0 radical (unpaired) electrons. The molecule has 0 spiro atoms. The predicted molar refractivity (Wildman–Crippen MR) is 73.8 cm³/mol. The Bertz CT molecular complexity index is 563. The normalized spacial score (nSPS) is 10.5. The van der Waals surface area contributed by atoms with Gasteiger partial charge in [-0.05, 0) is 29.1 Å². The third-order valence-corrected chi connectivity index (χ3v) is 4.21. The summed E-state index contributed by atoms with van der Waals surface area (Å²) in [6.45, 7) is 0. The number of benzene rings is 1. The first-order chi connectivity index (χ1) is 8.08. The number of carbonyl (C=O) groups is 1. The highest BCUT2D eigenvalue weighted by atomic mass is 35.5. The van der Waals surface area contributed by atoms with E-state index in [9.17, 15) is 4.79 Å². The van der Waals surface area contributed by atoms with Crippen molar-refractivity contribution in [2.45, 2.75) is 6.42 Å². The summed E-state index contributed by atoms with van der Waals surface area (Å²) in [5.74, 6) is -0.0331. The Morgan fingerprint density at radius 3 is 2.47 bits per heavy atom. The van der Waals surface area contributed by atoms with Crippen LogP contribution in [0, 0.1) is 0 Å². The summed E-state index contributed by atoms with van der Waals surface area (Å²) in [7, 11) is 0. The number of carbonyl (C=O) groups excluding carboxylic acids is 1. The molecule has 88 valence electrons. The topological polar surface area (TPSA) is 17.1 Å². The first kappa shape index (κ1) is 12.9. The molecule has 0 amide bonds. The second-order valence-electron chi connectivity index (χ2n) is 3.43. The van der Waals surface area contributed by atoms with E-state index in [1.165, 1.54) is 11.3 Å². The zero-order valence-electron chi connectivity index (χ0n) is 8.54. The second kappa shape index (κ2) is 5.40. The minimum Gasteiger partial charge on any atom is -0.293 e. The van der Waals surface area contributed by atoms with Crippen molar-refractivity contribution in [1.29, 1.82) is 0 Å². The van der Waals surface area contributed by atoms with Gasteiger partial charge >= 0.3 is 0 Å². The molecule has 0 atom stereocenters. The zero-order chi connectivity index (χ0) is 12.4. The summed E-state index contributed by atoms with van der Waals surface area (Å²) >= 11 is 19.0. The van der Waals surface area contributed by atoms with Gasteiger partial charge in [0.05, 0.1) is 9.90 Å². The molecular formula is C12H7Cl3OS. The van der Waals surface area contributed by atoms with Crippen LogP contribution in [0.5, 0.6) is 0 Å². The molecule has 0 N–H and O–H groups in total. The van der Waals surface area contributed by atoms with Crippen LogP contribution in [0.3, 0.4) is 0 Å². The van der Waals surface area contributed by atoms with Crippen molar-refractivity contribution in [2.24, 2.45) is 0 Å². The van der Waals surface area contributed by atoms with Crippen LogP contribution in [0.4, 0.5) is 0 Å². The van der Waals surface area contributed by atoms with Crippen LogP contribution in [0.25, 0.3) is 0 Å². The van der Waals surface area contributed by atoms with E-state index in [0.717, 1.165) is 5.56 Å². The van der Waals surface area contributed by atoms with Gasteiger partial charge in [-0.3, -0.25) is 4.79 Å². The molecular weight excluding hydrogens is 299 g/mol. The molecule has 1 aromatic heterocycles. The number of rotatable bonds is 3. The fourth-order valence-electron chi connectivity index (χ4n) is 1.41. The van der Waals surface area contributed by atoms with Crippen molar-refractivity contribution < 1.29 is 4.79 Å². The van der Waals surface area contributed by atoms with Crippen LogP contribution < -0.4 is 0 Å². The molecule has 17 heavy (non-hydrogen) atoms. The van der Waals surface area contributed by atoms with E-state index in [2.05, 4.69) is 0 Å². The summed E-state index contributed by atoms with van der Waals surface area (Å²) in [5, 5.41) is 3.34. The number of hydrogen-bond donors (Lipinski definition) is 0. The second-order valence-corrected chi connectivity index (χ2v) is 5.60. The molecule has 1 aromatic carbocycles. The van der Waals surface area contributed by atoms with Crippen LogP contribution in [0.2, 0.25) is 15.1 Å². The van der Waals surface area contributed by atoms with Crippen LogP contribution >= 0.6 is 46.1 Å². The van der Waals surface area contributed by atoms with Crippen LogP contribution in [0.15, 0.2) is 29.6 Å². The van der Waals surface area contributed by atoms with Crippen LogP contribution in [-0.2, 0) is 6.42 Å². The van der Waals surface area contributed by atoms with Gasteiger partial charge in [0.1, 0.15) is 0 Å². The monoisotopic (exact) mass is 304 g/mol. The Morgan fingerprint density at radius 2 is 1.88 bits per heavy atom. The zero-order valence-corrected chi connectivity index (χ0v) is 11.6. The van der Waals surface area contributed by atoms with Gasteiger partial charge in [0.2, 0.25) is 0 Å². The van der Waals surface area contributed by atoms with Gasteiger partial charge in [-0.15, -0.1) is 11.3 Å². The smallest absolute Gasteiger partial charge is 0.178 e. The average Bonchev–Trinajstić information content (AvgIpc) is 2.68. The van der Waals surface area contributed by atoms with Gasteiger partial charge in [0.15, 0.2) is 5.78 Å². The van der Waals surface area contributed by atoms with E-state index in [1.54, 1.807) is 29.6 Å². The Labute approximate surface area is 118 Å². The third-order valence-electron chi connectivity index (χ3n) is 2.24. The lowest BCUT2D eigenvalue weighted by Crippen LogP contribution is -2.02. The van der Waals surface area contributed by atoms with Crippen molar-refractivity contribution in [2.75, 3.05) is 0 Å². The lowest BCUT2D eigenvalue weighted by atomic mass is 10.1. The number of hydrogen-bond acceptors (Lipinski definition) is 2. The first-order valence-electron chi connectivity index (χ1n) is 4.78. The highest BCUT2D eigenvalue weighted by Crippen LogP contribution is 2.26. The number of halogens is 3. The summed E-state index contributed by atoms with van der Waals surface area (Å²) in [6.07, 6.45) is 0.232. The molecule has 1 heterocycles. The molecule has 0 unspecified atom stereocenters. The largest absolute Gasteiger partial charge is 0.293 e. The van der Waals surface area contributed by atoms with Crippen molar-refractivity contribution in [3.8, 4) is 0 Å². The van der Waals surface area contributed by atoms with Gasteiger partial charge in [0.25, 0.3) is 0 Å². The number of ketones is 1. The average molecular weight is 306 g/mol. The summed E-state index contributed by atoms with van der Waals surface area (Å²) in [4.78, 5) is 12.5. The molecule has 2 rings (SSSR count). The van der Waals surface area contributed by atoms with Crippen LogP contribution in [0.1, 0.15) is 15.2 Å². The van der Waals surface area contributed by atoms with E-state index in [1.807, 2.05) is 0 Å². The van der Waals surface area contributed by atoms with E-state index in [4.69, 9.17) is 34.8 Å².